The second kappa shape index (κ2) is 5.49. The SMILES string of the molecule is C[C@@H](c1ccccc1Cl)c1nn(C(C)(C)C)c2ncnc(N)c12. The van der Waals surface area contributed by atoms with Crippen molar-refractivity contribution < 1.29 is 0 Å². The molecule has 2 N–H and O–H groups in total. The number of rotatable bonds is 2. The van der Waals surface area contributed by atoms with Crippen molar-refractivity contribution in [1.82, 2.24) is 19.7 Å². The lowest BCUT2D eigenvalue weighted by Gasteiger charge is -2.20. The van der Waals surface area contributed by atoms with Gasteiger partial charge in [-0.05, 0) is 32.4 Å². The predicted octanol–water partition coefficient (Wildman–Crippen LogP) is 3.97. The standard InChI is InChI=1S/C17H20ClN5/c1-10(11-7-5-6-8-12(11)18)14-13-15(19)20-9-21-16(13)23(22-14)17(2,3)4/h5-10H,1-4H3,(H2,19,20,21)/t10-/m0/s1. The molecule has 0 amide bonds. The molecule has 0 bridgehead atoms. The number of aromatic nitrogens is 4. The molecule has 0 radical (unpaired) electrons. The molecular formula is C17H20ClN5. The van der Waals surface area contributed by atoms with Gasteiger partial charge in [0.15, 0.2) is 5.65 Å². The summed E-state index contributed by atoms with van der Waals surface area (Å²) in [6.07, 6.45) is 1.48. The molecule has 3 aromatic rings. The molecule has 0 aliphatic rings. The number of nitrogen functional groups attached to an aromatic ring is 1. The molecule has 0 unspecified atom stereocenters. The first-order valence-corrected chi connectivity index (χ1v) is 7.92. The lowest BCUT2D eigenvalue weighted by atomic mass is 9.96. The van der Waals surface area contributed by atoms with Crippen LogP contribution in [0.25, 0.3) is 11.0 Å². The minimum atomic E-state index is -0.211. The van der Waals surface area contributed by atoms with E-state index in [0.29, 0.717) is 10.8 Å². The van der Waals surface area contributed by atoms with Crippen LogP contribution in [-0.4, -0.2) is 19.7 Å². The summed E-state index contributed by atoms with van der Waals surface area (Å²) in [6, 6.07) is 7.79. The number of fused-ring (bicyclic) bond motifs is 1. The fourth-order valence-electron chi connectivity index (χ4n) is 2.75. The molecule has 23 heavy (non-hydrogen) atoms. The summed E-state index contributed by atoms with van der Waals surface area (Å²) in [5.74, 6) is 0.433. The van der Waals surface area contributed by atoms with Crippen molar-refractivity contribution in [2.24, 2.45) is 0 Å². The van der Waals surface area contributed by atoms with Gasteiger partial charge >= 0.3 is 0 Å². The molecule has 2 aromatic heterocycles. The van der Waals surface area contributed by atoms with Gasteiger partial charge in [-0.2, -0.15) is 5.10 Å². The van der Waals surface area contributed by atoms with E-state index in [4.69, 9.17) is 22.4 Å². The maximum Gasteiger partial charge on any atom is 0.164 e. The molecular weight excluding hydrogens is 310 g/mol. The van der Waals surface area contributed by atoms with Gasteiger partial charge in [-0.1, -0.05) is 36.7 Å². The van der Waals surface area contributed by atoms with Gasteiger partial charge in [0.25, 0.3) is 0 Å². The lowest BCUT2D eigenvalue weighted by molar-refractivity contribution is 0.362. The highest BCUT2D eigenvalue weighted by Crippen LogP contribution is 2.35. The molecule has 0 aliphatic carbocycles. The average Bonchev–Trinajstić information content (AvgIpc) is 2.88. The highest BCUT2D eigenvalue weighted by atomic mass is 35.5. The maximum absolute atomic E-state index is 6.36. The lowest BCUT2D eigenvalue weighted by Crippen LogP contribution is -2.23. The number of hydrogen-bond acceptors (Lipinski definition) is 4. The van der Waals surface area contributed by atoms with E-state index in [0.717, 1.165) is 22.3 Å². The summed E-state index contributed by atoms with van der Waals surface area (Å²) in [5, 5.41) is 6.33. The Morgan fingerprint density at radius 2 is 1.87 bits per heavy atom. The van der Waals surface area contributed by atoms with Crippen LogP contribution in [-0.2, 0) is 5.54 Å². The number of nitrogens with two attached hydrogens (primary N) is 1. The Kier molecular flexibility index (Phi) is 3.76. The van der Waals surface area contributed by atoms with Crippen molar-refractivity contribution in [2.75, 3.05) is 5.73 Å². The van der Waals surface area contributed by atoms with Gasteiger partial charge in [-0.25, -0.2) is 14.6 Å². The third kappa shape index (κ3) is 2.65. The summed E-state index contributed by atoms with van der Waals surface area (Å²) >= 11 is 6.36. The quantitative estimate of drug-likeness (QED) is 0.772. The van der Waals surface area contributed by atoms with E-state index in [9.17, 15) is 0 Å². The van der Waals surface area contributed by atoms with Crippen LogP contribution in [0.3, 0.4) is 0 Å². The van der Waals surface area contributed by atoms with E-state index >= 15 is 0 Å². The number of nitrogens with zero attached hydrogens (tertiary/aromatic N) is 4. The molecule has 0 fully saturated rings. The van der Waals surface area contributed by atoms with Crippen LogP contribution < -0.4 is 5.73 Å². The Labute approximate surface area is 140 Å². The fourth-order valence-corrected chi connectivity index (χ4v) is 3.04. The fraction of sp³-hybridized carbons (Fsp3) is 0.353. The molecule has 6 heteroatoms. The van der Waals surface area contributed by atoms with Crippen LogP contribution in [0.15, 0.2) is 30.6 Å². The van der Waals surface area contributed by atoms with Crippen LogP contribution in [0, 0.1) is 0 Å². The highest BCUT2D eigenvalue weighted by molar-refractivity contribution is 6.31. The zero-order chi connectivity index (χ0) is 16.8. The highest BCUT2D eigenvalue weighted by Gasteiger charge is 2.26. The zero-order valence-corrected chi connectivity index (χ0v) is 14.5. The normalized spacial score (nSPS) is 13.4. The van der Waals surface area contributed by atoms with Crippen molar-refractivity contribution in [1.29, 1.82) is 0 Å². The van der Waals surface area contributed by atoms with Gasteiger partial charge in [0.05, 0.1) is 16.6 Å². The van der Waals surface area contributed by atoms with E-state index in [2.05, 4.69) is 37.7 Å². The van der Waals surface area contributed by atoms with Gasteiger partial charge in [-0.3, -0.25) is 0 Å². The van der Waals surface area contributed by atoms with Crippen LogP contribution in [0.4, 0.5) is 5.82 Å². The summed E-state index contributed by atoms with van der Waals surface area (Å²) in [5.41, 5.74) is 8.53. The van der Waals surface area contributed by atoms with Gasteiger partial charge in [0, 0.05) is 10.9 Å². The molecule has 5 nitrogen and oxygen atoms in total. The van der Waals surface area contributed by atoms with Gasteiger partial charge in [0.1, 0.15) is 12.1 Å². The van der Waals surface area contributed by atoms with Crippen molar-refractivity contribution in [2.45, 2.75) is 39.2 Å². The minimum absolute atomic E-state index is 0.0110. The molecule has 0 aliphatic heterocycles. The monoisotopic (exact) mass is 329 g/mol. The molecule has 0 saturated heterocycles. The Morgan fingerprint density at radius 1 is 1.17 bits per heavy atom. The molecule has 0 saturated carbocycles. The van der Waals surface area contributed by atoms with Crippen LogP contribution in [0.2, 0.25) is 5.02 Å². The number of anilines is 1. The van der Waals surface area contributed by atoms with Crippen molar-refractivity contribution in [3.8, 4) is 0 Å². The van der Waals surface area contributed by atoms with Gasteiger partial charge in [0.2, 0.25) is 0 Å². The van der Waals surface area contributed by atoms with Crippen LogP contribution in [0.5, 0.6) is 0 Å². The Bertz CT molecular complexity index is 863. The summed E-state index contributed by atoms with van der Waals surface area (Å²) in [4.78, 5) is 8.55. The van der Waals surface area contributed by atoms with Gasteiger partial charge in [-0.15, -0.1) is 0 Å². The summed E-state index contributed by atoms with van der Waals surface area (Å²) in [7, 11) is 0. The van der Waals surface area contributed by atoms with Crippen LogP contribution in [0.1, 0.15) is 44.9 Å². The third-order valence-corrected chi connectivity index (χ3v) is 4.28. The summed E-state index contributed by atoms with van der Waals surface area (Å²) in [6.45, 7) is 8.33. The predicted molar refractivity (Wildman–Crippen MR) is 93.7 cm³/mol. The maximum atomic E-state index is 6.36. The van der Waals surface area contributed by atoms with E-state index in [-0.39, 0.29) is 11.5 Å². The number of benzene rings is 1. The first-order valence-electron chi connectivity index (χ1n) is 7.54. The number of halogens is 1. The Balaban J connectivity index is 2.28. The van der Waals surface area contributed by atoms with Crippen LogP contribution >= 0.6 is 11.6 Å². The van der Waals surface area contributed by atoms with E-state index in [1.165, 1.54) is 6.33 Å². The minimum Gasteiger partial charge on any atom is -0.383 e. The Morgan fingerprint density at radius 3 is 2.52 bits per heavy atom. The molecule has 1 aromatic carbocycles. The van der Waals surface area contributed by atoms with E-state index in [1.54, 1.807) is 0 Å². The Hall–Kier alpha value is -2.14. The molecule has 120 valence electrons. The first-order chi connectivity index (χ1) is 10.8. The van der Waals surface area contributed by atoms with Crippen molar-refractivity contribution in [3.63, 3.8) is 0 Å². The van der Waals surface area contributed by atoms with Crippen molar-refractivity contribution in [3.05, 3.63) is 46.9 Å². The third-order valence-electron chi connectivity index (χ3n) is 3.94. The second-order valence-electron chi connectivity index (χ2n) is 6.67. The molecule has 1 atom stereocenters. The number of hydrogen-bond donors (Lipinski definition) is 1. The second-order valence-corrected chi connectivity index (χ2v) is 7.08. The smallest absolute Gasteiger partial charge is 0.164 e. The first kappa shape index (κ1) is 15.7. The van der Waals surface area contributed by atoms with Crippen molar-refractivity contribution >= 4 is 28.5 Å². The summed E-state index contributed by atoms with van der Waals surface area (Å²) < 4.78 is 1.91. The molecule has 3 rings (SSSR count). The molecule has 0 spiro atoms. The van der Waals surface area contributed by atoms with E-state index in [1.807, 2.05) is 28.9 Å². The topological polar surface area (TPSA) is 69.6 Å². The van der Waals surface area contributed by atoms with E-state index < -0.39 is 0 Å². The molecule has 2 heterocycles. The largest absolute Gasteiger partial charge is 0.383 e. The van der Waals surface area contributed by atoms with Gasteiger partial charge < -0.3 is 5.73 Å². The zero-order valence-electron chi connectivity index (χ0n) is 13.7. The average molecular weight is 330 g/mol.